The van der Waals surface area contributed by atoms with Gasteiger partial charge in [0.2, 0.25) is 5.95 Å². The summed E-state index contributed by atoms with van der Waals surface area (Å²) in [6.07, 6.45) is 1.48. The highest BCUT2D eigenvalue weighted by molar-refractivity contribution is 6.30. The number of fused-ring (bicyclic) bond motifs is 1. The Morgan fingerprint density at radius 2 is 1.86 bits per heavy atom. The first-order valence-corrected chi connectivity index (χ1v) is 8.80. The zero-order chi connectivity index (χ0) is 19.7. The van der Waals surface area contributed by atoms with Gasteiger partial charge in [0, 0.05) is 36.1 Å². The Balaban J connectivity index is 1.61. The van der Waals surface area contributed by atoms with Crippen LogP contribution < -0.4 is 15.8 Å². The highest BCUT2D eigenvalue weighted by Gasteiger charge is 2.10. The first-order chi connectivity index (χ1) is 13.5. The third kappa shape index (κ3) is 3.60. The molecule has 4 rings (SSSR count). The molecule has 7 nitrogen and oxygen atoms in total. The second-order valence-electron chi connectivity index (χ2n) is 6.12. The van der Waals surface area contributed by atoms with Gasteiger partial charge in [-0.3, -0.25) is 9.78 Å². The maximum Gasteiger partial charge on any atom is 0.267 e. The molecule has 0 bridgehead atoms. The highest BCUT2D eigenvalue weighted by atomic mass is 35.5. The number of primary amides is 1. The molecule has 2 heterocycles. The minimum absolute atomic E-state index is 0.144. The Morgan fingerprint density at radius 1 is 1.11 bits per heavy atom. The van der Waals surface area contributed by atoms with Crippen molar-refractivity contribution in [1.82, 2.24) is 14.5 Å². The largest absolute Gasteiger partial charge is 0.457 e. The molecule has 8 heteroatoms. The summed E-state index contributed by atoms with van der Waals surface area (Å²) < 4.78 is 7.78. The van der Waals surface area contributed by atoms with Gasteiger partial charge in [-0.05, 0) is 42.5 Å². The summed E-state index contributed by atoms with van der Waals surface area (Å²) in [5.41, 5.74) is 7.99. The van der Waals surface area contributed by atoms with Crippen LogP contribution in [-0.2, 0) is 7.05 Å². The average molecular weight is 394 g/mol. The molecule has 0 fully saturated rings. The molecule has 0 unspecified atom stereocenters. The van der Waals surface area contributed by atoms with Crippen molar-refractivity contribution in [2.24, 2.45) is 12.8 Å². The quantitative estimate of drug-likeness (QED) is 0.528. The van der Waals surface area contributed by atoms with Crippen LogP contribution in [0, 0.1) is 0 Å². The molecule has 0 aliphatic carbocycles. The van der Waals surface area contributed by atoms with E-state index in [1.54, 1.807) is 6.07 Å². The van der Waals surface area contributed by atoms with E-state index in [2.05, 4.69) is 15.3 Å². The lowest BCUT2D eigenvalue weighted by atomic mass is 10.3. The summed E-state index contributed by atoms with van der Waals surface area (Å²) in [5, 5.41) is 3.94. The Hall–Kier alpha value is -3.58. The number of nitrogens with zero attached hydrogens (tertiary/aromatic N) is 3. The first kappa shape index (κ1) is 17.8. The number of hydrogen-bond acceptors (Lipinski definition) is 5. The van der Waals surface area contributed by atoms with E-state index in [1.165, 1.54) is 12.3 Å². The number of rotatable bonds is 5. The second-order valence-corrected chi connectivity index (χ2v) is 6.56. The lowest BCUT2D eigenvalue weighted by Crippen LogP contribution is -2.12. The predicted octanol–water partition coefficient (Wildman–Crippen LogP) is 4.26. The molecule has 0 aliphatic rings. The molecule has 0 atom stereocenters. The van der Waals surface area contributed by atoms with Crippen LogP contribution in [0.4, 0.5) is 11.6 Å². The Morgan fingerprint density at radius 3 is 2.61 bits per heavy atom. The van der Waals surface area contributed by atoms with Gasteiger partial charge in [-0.1, -0.05) is 11.6 Å². The lowest BCUT2D eigenvalue weighted by molar-refractivity contribution is 0.0995. The lowest BCUT2D eigenvalue weighted by Gasteiger charge is -2.07. The number of imidazole rings is 1. The molecule has 0 saturated heterocycles. The van der Waals surface area contributed by atoms with E-state index in [0.717, 1.165) is 16.7 Å². The molecule has 2 aromatic heterocycles. The number of amides is 1. The van der Waals surface area contributed by atoms with Crippen molar-refractivity contribution in [3.05, 3.63) is 71.5 Å². The molecular formula is C20H16ClN5O2. The van der Waals surface area contributed by atoms with E-state index in [9.17, 15) is 4.79 Å². The molecule has 1 amide bonds. The summed E-state index contributed by atoms with van der Waals surface area (Å²) in [6.45, 7) is 0. The van der Waals surface area contributed by atoms with Gasteiger partial charge in [0.15, 0.2) is 0 Å². The van der Waals surface area contributed by atoms with Crippen molar-refractivity contribution < 1.29 is 9.53 Å². The number of benzene rings is 2. The van der Waals surface area contributed by atoms with Crippen molar-refractivity contribution in [2.45, 2.75) is 0 Å². The minimum atomic E-state index is -0.608. The van der Waals surface area contributed by atoms with Gasteiger partial charge >= 0.3 is 0 Å². The van der Waals surface area contributed by atoms with Crippen molar-refractivity contribution in [3.63, 3.8) is 0 Å². The molecule has 28 heavy (non-hydrogen) atoms. The van der Waals surface area contributed by atoms with Gasteiger partial charge in [-0.25, -0.2) is 4.98 Å². The third-order valence-corrected chi connectivity index (χ3v) is 4.42. The fourth-order valence-corrected chi connectivity index (χ4v) is 2.89. The smallest absolute Gasteiger partial charge is 0.267 e. The summed E-state index contributed by atoms with van der Waals surface area (Å²) >= 11 is 5.93. The van der Waals surface area contributed by atoms with Crippen molar-refractivity contribution in [1.29, 1.82) is 0 Å². The number of carbonyl (C=O) groups is 1. The van der Waals surface area contributed by atoms with E-state index >= 15 is 0 Å². The van der Waals surface area contributed by atoms with E-state index in [-0.39, 0.29) is 5.69 Å². The van der Waals surface area contributed by atoms with Crippen LogP contribution in [-0.4, -0.2) is 20.4 Å². The number of hydrogen-bond donors (Lipinski definition) is 2. The van der Waals surface area contributed by atoms with E-state index in [4.69, 9.17) is 22.1 Å². The fraction of sp³-hybridized carbons (Fsp3) is 0.0500. The highest BCUT2D eigenvalue weighted by Crippen LogP contribution is 2.28. The van der Waals surface area contributed by atoms with E-state index in [1.807, 2.05) is 54.1 Å². The number of aryl methyl sites for hydroxylation is 1. The third-order valence-electron chi connectivity index (χ3n) is 4.17. The van der Waals surface area contributed by atoms with Crippen LogP contribution in [0.25, 0.3) is 11.0 Å². The number of pyridine rings is 1. The van der Waals surface area contributed by atoms with Crippen molar-refractivity contribution >= 4 is 40.2 Å². The van der Waals surface area contributed by atoms with Gasteiger partial charge in [-0.15, -0.1) is 0 Å². The van der Waals surface area contributed by atoms with Crippen LogP contribution >= 0.6 is 11.6 Å². The molecule has 4 aromatic rings. The maximum atomic E-state index is 11.3. The Kier molecular flexibility index (Phi) is 4.58. The molecule has 3 N–H and O–H groups in total. The minimum Gasteiger partial charge on any atom is -0.457 e. The van der Waals surface area contributed by atoms with Crippen LogP contribution in [0.3, 0.4) is 0 Å². The SMILES string of the molecule is Cn1c(Nc2ccc(Cl)cc2)nc2cc(Oc3ccnc(C(N)=O)c3)ccc21. The van der Waals surface area contributed by atoms with Gasteiger partial charge in [-0.2, -0.15) is 0 Å². The molecule has 0 saturated carbocycles. The normalized spacial score (nSPS) is 10.8. The van der Waals surface area contributed by atoms with E-state index < -0.39 is 5.91 Å². The number of aromatic nitrogens is 3. The molecule has 0 radical (unpaired) electrons. The van der Waals surface area contributed by atoms with Crippen LogP contribution in [0.2, 0.25) is 5.02 Å². The summed E-state index contributed by atoms with van der Waals surface area (Å²) in [7, 11) is 1.93. The van der Waals surface area contributed by atoms with Gasteiger partial charge in [0.1, 0.15) is 17.2 Å². The number of nitrogens with two attached hydrogens (primary N) is 1. The van der Waals surface area contributed by atoms with Crippen LogP contribution in [0.1, 0.15) is 10.5 Å². The topological polar surface area (TPSA) is 95.1 Å². The molecular weight excluding hydrogens is 378 g/mol. The first-order valence-electron chi connectivity index (χ1n) is 8.42. The second kappa shape index (κ2) is 7.21. The fourth-order valence-electron chi connectivity index (χ4n) is 2.76. The number of anilines is 2. The molecule has 140 valence electrons. The monoisotopic (exact) mass is 393 g/mol. The number of halogens is 1. The van der Waals surface area contributed by atoms with Gasteiger partial charge < -0.3 is 20.4 Å². The Labute approximate surface area is 165 Å². The predicted molar refractivity (Wildman–Crippen MR) is 108 cm³/mol. The molecule has 0 aliphatic heterocycles. The number of nitrogens with one attached hydrogen (secondary N) is 1. The van der Waals surface area contributed by atoms with Gasteiger partial charge in [0.25, 0.3) is 5.91 Å². The summed E-state index contributed by atoms with van der Waals surface area (Å²) in [5.74, 6) is 1.14. The standard InChI is InChI=1S/C20H16ClN5O2/c1-26-18-7-6-14(28-15-8-9-23-17(11-15)19(22)27)10-16(18)25-20(26)24-13-4-2-12(21)3-5-13/h2-11H,1H3,(H2,22,27)(H,24,25). The zero-order valence-corrected chi connectivity index (χ0v) is 15.6. The van der Waals surface area contributed by atoms with E-state index in [0.29, 0.717) is 22.5 Å². The average Bonchev–Trinajstić information content (AvgIpc) is 2.99. The molecule has 0 spiro atoms. The van der Waals surface area contributed by atoms with Crippen molar-refractivity contribution in [2.75, 3.05) is 5.32 Å². The van der Waals surface area contributed by atoms with Crippen LogP contribution in [0.5, 0.6) is 11.5 Å². The summed E-state index contributed by atoms with van der Waals surface area (Å²) in [6, 6.07) is 16.1. The number of ether oxygens (including phenoxy) is 1. The zero-order valence-electron chi connectivity index (χ0n) is 14.9. The number of carbonyl (C=O) groups excluding carboxylic acids is 1. The summed E-state index contributed by atoms with van der Waals surface area (Å²) in [4.78, 5) is 19.8. The van der Waals surface area contributed by atoms with Crippen molar-refractivity contribution in [3.8, 4) is 11.5 Å². The van der Waals surface area contributed by atoms with Crippen LogP contribution in [0.15, 0.2) is 60.8 Å². The Bertz CT molecular complexity index is 1170. The molecule has 2 aromatic carbocycles. The van der Waals surface area contributed by atoms with Gasteiger partial charge in [0.05, 0.1) is 11.0 Å². The maximum absolute atomic E-state index is 11.3.